The Bertz CT molecular complexity index is 546. The molecule has 0 radical (unpaired) electrons. The molecule has 1 aliphatic heterocycles. The summed E-state index contributed by atoms with van der Waals surface area (Å²) in [6.07, 6.45) is 5.61. The lowest BCUT2D eigenvalue weighted by Crippen LogP contribution is -2.31. The fraction of sp³-hybridized carbons (Fsp3) is 0.571. The number of rotatable bonds is 3. The molecule has 2 aromatic rings. The van der Waals surface area contributed by atoms with Gasteiger partial charge in [-0.25, -0.2) is 9.50 Å². The molecule has 4 heteroatoms. The van der Waals surface area contributed by atoms with Crippen molar-refractivity contribution < 1.29 is 0 Å². The first-order valence-corrected chi connectivity index (χ1v) is 6.82. The van der Waals surface area contributed by atoms with Gasteiger partial charge in [-0.15, -0.1) is 0 Å². The van der Waals surface area contributed by atoms with Crippen LogP contribution < -0.4 is 0 Å². The minimum absolute atomic E-state index is 0.633. The van der Waals surface area contributed by atoms with Gasteiger partial charge in [0.25, 0.3) is 0 Å². The highest BCUT2D eigenvalue weighted by molar-refractivity contribution is 5.38. The smallest absolute Gasteiger partial charge is 0.155 e. The molecule has 1 unspecified atom stereocenters. The summed E-state index contributed by atoms with van der Waals surface area (Å²) in [5, 5.41) is 4.58. The molecule has 2 aromatic heterocycles. The maximum absolute atomic E-state index is 4.61. The summed E-state index contributed by atoms with van der Waals surface area (Å²) in [5.41, 5.74) is 2.17. The highest BCUT2D eigenvalue weighted by Crippen LogP contribution is 2.19. The number of nitrogens with zero attached hydrogens (tertiary/aromatic N) is 4. The molecule has 96 valence electrons. The van der Waals surface area contributed by atoms with E-state index in [0.717, 1.165) is 24.4 Å². The first kappa shape index (κ1) is 11.7. The molecule has 1 aliphatic rings. The zero-order valence-corrected chi connectivity index (χ0v) is 11.1. The Morgan fingerprint density at radius 1 is 1.39 bits per heavy atom. The van der Waals surface area contributed by atoms with Gasteiger partial charge in [0.15, 0.2) is 11.5 Å². The van der Waals surface area contributed by atoms with Crippen molar-refractivity contribution in [3.05, 3.63) is 29.7 Å². The van der Waals surface area contributed by atoms with E-state index in [2.05, 4.69) is 34.9 Å². The third kappa shape index (κ3) is 2.12. The van der Waals surface area contributed by atoms with Crippen LogP contribution in [-0.2, 0) is 6.42 Å². The van der Waals surface area contributed by atoms with Gasteiger partial charge in [0.05, 0.1) is 0 Å². The number of hydrogen-bond donors (Lipinski definition) is 0. The quantitative estimate of drug-likeness (QED) is 0.828. The van der Waals surface area contributed by atoms with Crippen molar-refractivity contribution in [1.82, 2.24) is 19.5 Å². The van der Waals surface area contributed by atoms with Crippen molar-refractivity contribution >= 4 is 5.65 Å². The summed E-state index contributed by atoms with van der Waals surface area (Å²) < 4.78 is 1.90. The van der Waals surface area contributed by atoms with E-state index >= 15 is 0 Å². The molecule has 0 aromatic carbocycles. The Labute approximate surface area is 108 Å². The molecule has 0 N–H and O–H groups in total. The van der Waals surface area contributed by atoms with Gasteiger partial charge >= 0.3 is 0 Å². The van der Waals surface area contributed by atoms with Crippen molar-refractivity contribution in [2.45, 2.75) is 39.2 Å². The SMILES string of the molecule is CCN1CCCC1Cc1nc2ccc(C)cn2n1. The van der Waals surface area contributed by atoms with Crippen molar-refractivity contribution in [1.29, 1.82) is 0 Å². The zero-order chi connectivity index (χ0) is 12.5. The van der Waals surface area contributed by atoms with Gasteiger partial charge < -0.3 is 4.90 Å². The maximum Gasteiger partial charge on any atom is 0.155 e. The first-order valence-electron chi connectivity index (χ1n) is 6.82. The molecule has 1 saturated heterocycles. The van der Waals surface area contributed by atoms with E-state index in [1.807, 2.05) is 16.8 Å². The average molecular weight is 244 g/mol. The summed E-state index contributed by atoms with van der Waals surface area (Å²) in [6, 6.07) is 4.76. The topological polar surface area (TPSA) is 33.4 Å². The van der Waals surface area contributed by atoms with E-state index in [-0.39, 0.29) is 0 Å². The molecule has 0 aliphatic carbocycles. The lowest BCUT2D eigenvalue weighted by atomic mass is 10.1. The number of likely N-dealkylation sites (N-methyl/N-ethyl adjacent to an activating group) is 1. The van der Waals surface area contributed by atoms with Crippen LogP contribution in [0.2, 0.25) is 0 Å². The lowest BCUT2D eigenvalue weighted by Gasteiger charge is -2.21. The normalized spacial score (nSPS) is 20.9. The third-order valence-corrected chi connectivity index (χ3v) is 3.85. The molecular weight excluding hydrogens is 224 g/mol. The Kier molecular flexibility index (Phi) is 3.04. The standard InChI is InChI=1S/C14H20N4/c1-3-17-8-4-5-12(17)9-13-15-14-7-6-11(2)10-18(14)16-13/h6-7,10,12H,3-5,8-9H2,1-2H3. The van der Waals surface area contributed by atoms with Gasteiger partial charge in [-0.2, -0.15) is 5.10 Å². The number of fused-ring (bicyclic) bond motifs is 1. The number of aryl methyl sites for hydroxylation is 1. The van der Waals surface area contributed by atoms with Crippen molar-refractivity contribution in [2.75, 3.05) is 13.1 Å². The lowest BCUT2D eigenvalue weighted by molar-refractivity contribution is 0.263. The zero-order valence-electron chi connectivity index (χ0n) is 11.1. The van der Waals surface area contributed by atoms with Gasteiger partial charge in [0.2, 0.25) is 0 Å². The van der Waals surface area contributed by atoms with Crippen LogP contribution in [0.15, 0.2) is 18.3 Å². The summed E-state index contributed by atoms with van der Waals surface area (Å²) in [4.78, 5) is 7.15. The maximum atomic E-state index is 4.61. The fourth-order valence-electron chi connectivity index (χ4n) is 2.87. The third-order valence-electron chi connectivity index (χ3n) is 3.85. The van der Waals surface area contributed by atoms with Crippen LogP contribution in [0.4, 0.5) is 0 Å². The van der Waals surface area contributed by atoms with Crippen LogP contribution in [0, 0.1) is 6.92 Å². The van der Waals surface area contributed by atoms with Gasteiger partial charge in [-0.3, -0.25) is 0 Å². The van der Waals surface area contributed by atoms with Crippen LogP contribution in [0.3, 0.4) is 0 Å². The fourth-order valence-corrected chi connectivity index (χ4v) is 2.87. The van der Waals surface area contributed by atoms with Crippen LogP contribution in [0.5, 0.6) is 0 Å². The molecular formula is C14H20N4. The van der Waals surface area contributed by atoms with Crippen LogP contribution in [0.25, 0.3) is 5.65 Å². The molecule has 1 fully saturated rings. The molecule has 0 bridgehead atoms. The molecule has 3 heterocycles. The predicted octanol–water partition coefficient (Wildman–Crippen LogP) is 2.06. The Hall–Kier alpha value is -1.42. The van der Waals surface area contributed by atoms with Crippen LogP contribution in [0.1, 0.15) is 31.2 Å². The van der Waals surface area contributed by atoms with Crippen molar-refractivity contribution in [2.24, 2.45) is 0 Å². The largest absolute Gasteiger partial charge is 0.300 e. The monoisotopic (exact) mass is 244 g/mol. The molecule has 3 rings (SSSR count). The van der Waals surface area contributed by atoms with Crippen molar-refractivity contribution in [3.63, 3.8) is 0 Å². The summed E-state index contributed by atoms with van der Waals surface area (Å²) in [5.74, 6) is 0.978. The highest BCUT2D eigenvalue weighted by atomic mass is 15.3. The first-order chi connectivity index (χ1) is 8.76. The van der Waals surface area contributed by atoms with E-state index < -0.39 is 0 Å². The summed E-state index contributed by atoms with van der Waals surface area (Å²) in [6.45, 7) is 6.68. The molecule has 18 heavy (non-hydrogen) atoms. The highest BCUT2D eigenvalue weighted by Gasteiger charge is 2.24. The number of likely N-dealkylation sites (tertiary alicyclic amines) is 1. The minimum Gasteiger partial charge on any atom is -0.300 e. The molecule has 0 spiro atoms. The van der Waals surface area contributed by atoms with E-state index in [0.29, 0.717) is 6.04 Å². The van der Waals surface area contributed by atoms with Gasteiger partial charge in [-0.1, -0.05) is 13.0 Å². The average Bonchev–Trinajstić information content (AvgIpc) is 2.94. The Balaban J connectivity index is 1.82. The summed E-state index contributed by atoms with van der Waals surface area (Å²) in [7, 11) is 0. The summed E-state index contributed by atoms with van der Waals surface area (Å²) >= 11 is 0. The number of pyridine rings is 1. The van der Waals surface area contributed by atoms with Crippen molar-refractivity contribution in [3.8, 4) is 0 Å². The van der Waals surface area contributed by atoms with E-state index in [4.69, 9.17) is 0 Å². The molecule has 0 amide bonds. The number of aromatic nitrogens is 3. The second-order valence-corrected chi connectivity index (χ2v) is 5.17. The van der Waals surface area contributed by atoms with Gasteiger partial charge in [0.1, 0.15) is 0 Å². The van der Waals surface area contributed by atoms with Gasteiger partial charge in [-0.05, 0) is 44.5 Å². The van der Waals surface area contributed by atoms with E-state index in [9.17, 15) is 0 Å². The van der Waals surface area contributed by atoms with E-state index in [1.165, 1.54) is 24.9 Å². The van der Waals surface area contributed by atoms with Crippen LogP contribution in [-0.4, -0.2) is 38.6 Å². The minimum atomic E-state index is 0.633. The molecule has 0 saturated carbocycles. The molecule has 4 nitrogen and oxygen atoms in total. The van der Waals surface area contributed by atoms with E-state index in [1.54, 1.807) is 0 Å². The second kappa shape index (κ2) is 4.69. The second-order valence-electron chi connectivity index (χ2n) is 5.17. The Morgan fingerprint density at radius 3 is 3.11 bits per heavy atom. The van der Waals surface area contributed by atoms with Gasteiger partial charge in [0, 0.05) is 18.7 Å². The predicted molar refractivity (Wildman–Crippen MR) is 71.7 cm³/mol. The number of hydrogen-bond acceptors (Lipinski definition) is 3. The van der Waals surface area contributed by atoms with Crippen LogP contribution >= 0.6 is 0 Å². The Morgan fingerprint density at radius 2 is 2.28 bits per heavy atom. The molecule has 1 atom stereocenters.